The first-order valence-corrected chi connectivity index (χ1v) is 10.6. The Morgan fingerprint density at radius 3 is 2.66 bits per heavy atom. The van der Waals surface area contributed by atoms with Crippen molar-refractivity contribution in [2.45, 2.75) is 33.5 Å². The number of hydrogen-bond donors (Lipinski definition) is 3. The number of pyridine rings is 1. The molecule has 8 heteroatoms. The topological polar surface area (TPSA) is 102 Å². The molecule has 4 N–H and O–H groups in total. The summed E-state index contributed by atoms with van der Waals surface area (Å²) in [5, 5.41) is 11.4. The van der Waals surface area contributed by atoms with Gasteiger partial charge in [0.2, 0.25) is 5.79 Å². The fraction of sp³-hybridized carbons (Fsp3) is 0.375. The lowest BCUT2D eigenvalue weighted by atomic mass is 9.97. The molecule has 0 saturated carbocycles. The predicted molar refractivity (Wildman–Crippen MR) is 129 cm³/mol. The molecule has 1 unspecified atom stereocenters. The molecule has 0 aliphatic carbocycles. The molecule has 32 heavy (non-hydrogen) atoms. The van der Waals surface area contributed by atoms with E-state index in [0.29, 0.717) is 5.75 Å². The Kier molecular flexibility index (Phi) is 5.42. The van der Waals surface area contributed by atoms with Gasteiger partial charge in [-0.1, -0.05) is 26.8 Å². The standard InChI is InChI=1S/C24H31N7O/c1-15-11-17-13-27-24(25,29-21(17)22(28-15)26-14-23(2,3)4)18-8-7-16(12-20(18)32-6)19-9-10-31(5)30-19/h7-13,29H,14,25H2,1-6H3,(H,26,28). The molecule has 0 saturated heterocycles. The third-order valence-electron chi connectivity index (χ3n) is 5.31. The van der Waals surface area contributed by atoms with Crippen LogP contribution in [0.1, 0.15) is 37.6 Å². The number of ether oxygens (including phenoxy) is 1. The maximum absolute atomic E-state index is 6.79. The number of methoxy groups -OCH3 is 1. The quantitative estimate of drug-likeness (QED) is 0.564. The second kappa shape index (κ2) is 7.94. The highest BCUT2D eigenvalue weighted by atomic mass is 16.5. The molecule has 1 aromatic carbocycles. The molecule has 2 aromatic heterocycles. The lowest BCUT2D eigenvalue weighted by molar-refractivity contribution is 0.393. The van der Waals surface area contributed by atoms with E-state index < -0.39 is 5.79 Å². The first kappa shape index (κ1) is 21.8. The molecule has 3 heterocycles. The summed E-state index contributed by atoms with van der Waals surface area (Å²) in [5.74, 6) is 0.198. The summed E-state index contributed by atoms with van der Waals surface area (Å²) in [6.07, 6.45) is 3.71. The minimum Gasteiger partial charge on any atom is -0.496 e. The molecule has 1 aliphatic heterocycles. The van der Waals surface area contributed by atoms with Crippen LogP contribution in [0.15, 0.2) is 41.5 Å². The molecule has 0 amide bonds. The molecule has 1 atom stereocenters. The molecular formula is C24H31N7O. The van der Waals surface area contributed by atoms with E-state index in [2.05, 4.69) is 41.5 Å². The number of benzene rings is 1. The predicted octanol–water partition coefficient (Wildman–Crippen LogP) is 3.87. The maximum atomic E-state index is 6.79. The average molecular weight is 434 g/mol. The van der Waals surface area contributed by atoms with Crippen molar-refractivity contribution >= 4 is 17.7 Å². The third kappa shape index (κ3) is 4.31. The van der Waals surface area contributed by atoms with Gasteiger partial charge in [0.25, 0.3) is 0 Å². The van der Waals surface area contributed by atoms with Crippen LogP contribution in [0.5, 0.6) is 5.75 Å². The molecule has 4 rings (SSSR count). The van der Waals surface area contributed by atoms with E-state index in [1.165, 1.54) is 0 Å². The number of nitrogens with one attached hydrogen (secondary N) is 2. The van der Waals surface area contributed by atoms with Gasteiger partial charge in [0.15, 0.2) is 5.82 Å². The number of aliphatic imine (C=N–C) groups is 1. The minimum atomic E-state index is -1.20. The van der Waals surface area contributed by atoms with Crippen LogP contribution in [0, 0.1) is 12.3 Å². The van der Waals surface area contributed by atoms with Crippen LogP contribution < -0.4 is 21.1 Å². The van der Waals surface area contributed by atoms with Crippen LogP contribution in [-0.2, 0) is 12.8 Å². The smallest absolute Gasteiger partial charge is 0.212 e. The second-order valence-electron chi connectivity index (χ2n) is 9.43. The van der Waals surface area contributed by atoms with Gasteiger partial charge in [0.05, 0.1) is 24.1 Å². The van der Waals surface area contributed by atoms with Crippen LogP contribution in [0.25, 0.3) is 11.3 Å². The van der Waals surface area contributed by atoms with Crippen molar-refractivity contribution in [2.75, 3.05) is 24.3 Å². The number of nitrogens with zero attached hydrogens (tertiary/aromatic N) is 4. The highest BCUT2D eigenvalue weighted by molar-refractivity contribution is 5.94. The van der Waals surface area contributed by atoms with Crippen molar-refractivity contribution in [1.82, 2.24) is 14.8 Å². The largest absolute Gasteiger partial charge is 0.496 e. The van der Waals surface area contributed by atoms with Crippen molar-refractivity contribution in [3.8, 4) is 17.0 Å². The van der Waals surface area contributed by atoms with E-state index >= 15 is 0 Å². The van der Waals surface area contributed by atoms with Gasteiger partial charge in [-0.3, -0.25) is 10.4 Å². The van der Waals surface area contributed by atoms with Crippen molar-refractivity contribution in [3.05, 3.63) is 53.3 Å². The van der Waals surface area contributed by atoms with Crippen molar-refractivity contribution < 1.29 is 4.74 Å². The normalized spacial score (nSPS) is 17.6. The minimum absolute atomic E-state index is 0.103. The zero-order valence-electron chi connectivity index (χ0n) is 19.5. The number of aryl methyl sites for hydroxylation is 2. The monoisotopic (exact) mass is 433 g/mol. The SMILES string of the molecule is COc1cc(-c2ccn(C)n2)ccc1C1(N)N=Cc2cc(C)nc(NCC(C)(C)C)c2N1. The zero-order chi connectivity index (χ0) is 23.1. The lowest BCUT2D eigenvalue weighted by Gasteiger charge is -2.34. The van der Waals surface area contributed by atoms with Crippen LogP contribution >= 0.6 is 0 Å². The summed E-state index contributed by atoms with van der Waals surface area (Å²) < 4.78 is 7.47. The number of rotatable bonds is 5. The summed E-state index contributed by atoms with van der Waals surface area (Å²) >= 11 is 0. The molecule has 8 nitrogen and oxygen atoms in total. The molecule has 0 radical (unpaired) electrons. The van der Waals surface area contributed by atoms with Gasteiger partial charge in [-0.25, -0.2) is 9.98 Å². The molecule has 3 aromatic rings. The van der Waals surface area contributed by atoms with Gasteiger partial charge < -0.3 is 15.4 Å². The van der Waals surface area contributed by atoms with Gasteiger partial charge in [0, 0.05) is 42.8 Å². The highest BCUT2D eigenvalue weighted by Gasteiger charge is 2.34. The number of nitrogens with two attached hydrogens (primary N) is 1. The summed E-state index contributed by atoms with van der Waals surface area (Å²) in [7, 11) is 3.52. The molecule has 0 spiro atoms. The Balaban J connectivity index is 1.72. The Labute approximate surface area is 188 Å². The molecule has 168 valence electrons. The van der Waals surface area contributed by atoms with Crippen molar-refractivity contribution in [2.24, 2.45) is 23.2 Å². The summed E-state index contributed by atoms with van der Waals surface area (Å²) in [6.45, 7) is 9.28. The van der Waals surface area contributed by atoms with E-state index in [4.69, 9.17) is 15.5 Å². The second-order valence-corrected chi connectivity index (χ2v) is 9.43. The Bertz CT molecular complexity index is 1180. The average Bonchev–Trinajstić information content (AvgIpc) is 3.17. The molecule has 0 fully saturated rings. The highest BCUT2D eigenvalue weighted by Crippen LogP contribution is 2.38. The Morgan fingerprint density at radius 1 is 1.22 bits per heavy atom. The van der Waals surface area contributed by atoms with Gasteiger partial charge in [-0.05, 0) is 36.6 Å². The fourth-order valence-electron chi connectivity index (χ4n) is 3.67. The van der Waals surface area contributed by atoms with E-state index in [1.807, 2.05) is 50.5 Å². The molecule has 0 bridgehead atoms. The number of hydrogen-bond acceptors (Lipinski definition) is 7. The number of anilines is 2. The van der Waals surface area contributed by atoms with E-state index in [1.54, 1.807) is 18.0 Å². The number of aromatic nitrogens is 3. The summed E-state index contributed by atoms with van der Waals surface area (Å²) in [6, 6.07) is 9.80. The third-order valence-corrected chi connectivity index (χ3v) is 5.31. The van der Waals surface area contributed by atoms with E-state index in [9.17, 15) is 0 Å². The van der Waals surface area contributed by atoms with Crippen LogP contribution in [0.3, 0.4) is 0 Å². The first-order valence-electron chi connectivity index (χ1n) is 10.6. The van der Waals surface area contributed by atoms with Crippen molar-refractivity contribution in [3.63, 3.8) is 0 Å². The van der Waals surface area contributed by atoms with Gasteiger partial charge in [-0.15, -0.1) is 0 Å². The molecular weight excluding hydrogens is 402 g/mol. The lowest BCUT2D eigenvalue weighted by Crippen LogP contribution is -2.45. The van der Waals surface area contributed by atoms with Crippen LogP contribution in [-0.4, -0.2) is 34.6 Å². The maximum Gasteiger partial charge on any atom is 0.212 e. The number of fused-ring (bicyclic) bond motifs is 1. The van der Waals surface area contributed by atoms with E-state index in [0.717, 1.165) is 46.1 Å². The Hall–Kier alpha value is -3.39. The van der Waals surface area contributed by atoms with Gasteiger partial charge >= 0.3 is 0 Å². The van der Waals surface area contributed by atoms with Crippen LogP contribution in [0.2, 0.25) is 0 Å². The fourth-order valence-corrected chi connectivity index (χ4v) is 3.67. The molecule has 1 aliphatic rings. The summed E-state index contributed by atoms with van der Waals surface area (Å²) in [4.78, 5) is 9.38. The summed E-state index contributed by atoms with van der Waals surface area (Å²) in [5.41, 5.74) is 12.1. The van der Waals surface area contributed by atoms with Gasteiger partial charge in [-0.2, -0.15) is 5.10 Å². The zero-order valence-corrected chi connectivity index (χ0v) is 19.5. The van der Waals surface area contributed by atoms with Gasteiger partial charge in [0.1, 0.15) is 5.75 Å². The van der Waals surface area contributed by atoms with Crippen molar-refractivity contribution in [1.29, 1.82) is 0 Å². The Morgan fingerprint density at radius 2 is 2.00 bits per heavy atom. The van der Waals surface area contributed by atoms with E-state index in [-0.39, 0.29) is 5.41 Å². The first-order chi connectivity index (χ1) is 15.1. The van der Waals surface area contributed by atoms with Crippen LogP contribution in [0.4, 0.5) is 11.5 Å².